The van der Waals surface area contributed by atoms with E-state index >= 15 is 0 Å². The molecular formula is C15H17ClN4O2S2. The van der Waals surface area contributed by atoms with Crippen molar-refractivity contribution in [1.29, 1.82) is 0 Å². The molecule has 6 nitrogen and oxygen atoms in total. The van der Waals surface area contributed by atoms with Gasteiger partial charge in [-0.15, -0.1) is 11.3 Å². The van der Waals surface area contributed by atoms with Crippen molar-refractivity contribution in [2.45, 2.75) is 18.9 Å². The number of aryl methyl sites for hydroxylation is 1. The molecule has 3 heterocycles. The monoisotopic (exact) mass is 384 g/mol. The average molecular weight is 385 g/mol. The van der Waals surface area contributed by atoms with Crippen LogP contribution >= 0.6 is 34.7 Å². The summed E-state index contributed by atoms with van der Waals surface area (Å²) in [6, 6.07) is 0. The summed E-state index contributed by atoms with van der Waals surface area (Å²) in [6.07, 6.45) is 1.49. The highest BCUT2D eigenvalue weighted by atomic mass is 35.5. The van der Waals surface area contributed by atoms with Gasteiger partial charge in [0.05, 0.1) is 22.7 Å². The second-order valence-electron chi connectivity index (χ2n) is 5.41. The van der Waals surface area contributed by atoms with Gasteiger partial charge in [0.15, 0.2) is 0 Å². The molecule has 0 N–H and O–H groups in total. The van der Waals surface area contributed by atoms with Crippen LogP contribution in [0, 0.1) is 6.92 Å². The van der Waals surface area contributed by atoms with Crippen LogP contribution in [-0.2, 0) is 9.59 Å². The number of likely N-dealkylation sites (N-methyl/N-ethyl adjacent to an activating group) is 1. The smallest absolute Gasteiger partial charge is 0.242 e. The minimum Gasteiger partial charge on any atom is -0.340 e. The third-order valence-electron chi connectivity index (χ3n) is 3.94. The fourth-order valence-electron chi connectivity index (χ4n) is 2.57. The van der Waals surface area contributed by atoms with E-state index in [4.69, 9.17) is 11.6 Å². The molecule has 1 fully saturated rings. The topological polar surface area (TPSA) is 66.4 Å². The highest BCUT2D eigenvalue weighted by Gasteiger charge is 2.26. The van der Waals surface area contributed by atoms with Gasteiger partial charge in [-0.1, -0.05) is 23.4 Å². The molecule has 1 aliphatic heterocycles. The Morgan fingerprint density at radius 1 is 1.42 bits per heavy atom. The summed E-state index contributed by atoms with van der Waals surface area (Å²) >= 11 is 9.19. The number of hydrogen-bond acceptors (Lipinski definition) is 6. The van der Waals surface area contributed by atoms with E-state index in [1.165, 1.54) is 29.4 Å². The maximum atomic E-state index is 12.4. The zero-order chi connectivity index (χ0) is 17.3. The van der Waals surface area contributed by atoms with Gasteiger partial charge < -0.3 is 9.80 Å². The Balaban J connectivity index is 1.68. The molecule has 0 bridgehead atoms. The van der Waals surface area contributed by atoms with E-state index in [1.807, 2.05) is 13.8 Å². The van der Waals surface area contributed by atoms with Crippen LogP contribution in [0.2, 0.25) is 5.02 Å². The third-order valence-corrected chi connectivity index (χ3v) is 6.51. The Bertz CT molecular complexity index is 795. The first-order valence-corrected chi connectivity index (χ1v) is 9.77. The first-order valence-electron chi connectivity index (χ1n) is 7.59. The number of carbonyl (C=O) groups is 2. The SMILES string of the molecule is CCN1CCN(C(=O)CSc2ncnc3sc(C)c(Cl)c23)CC1=O. The van der Waals surface area contributed by atoms with Gasteiger partial charge in [-0.3, -0.25) is 9.59 Å². The predicted octanol–water partition coefficient (Wildman–Crippen LogP) is 2.44. The third kappa shape index (κ3) is 3.36. The van der Waals surface area contributed by atoms with Crippen LogP contribution in [0.3, 0.4) is 0 Å². The number of nitrogens with zero attached hydrogens (tertiary/aromatic N) is 4. The summed E-state index contributed by atoms with van der Waals surface area (Å²) in [5.41, 5.74) is 0. The van der Waals surface area contributed by atoms with E-state index in [2.05, 4.69) is 9.97 Å². The van der Waals surface area contributed by atoms with E-state index in [0.717, 1.165) is 15.1 Å². The highest BCUT2D eigenvalue weighted by Crippen LogP contribution is 2.38. The minimum absolute atomic E-state index is 0.00281. The normalized spacial score (nSPS) is 15.4. The Labute approximate surface area is 153 Å². The van der Waals surface area contributed by atoms with E-state index < -0.39 is 0 Å². The zero-order valence-corrected chi connectivity index (χ0v) is 15.8. The predicted molar refractivity (Wildman–Crippen MR) is 96.7 cm³/mol. The summed E-state index contributed by atoms with van der Waals surface area (Å²) < 4.78 is 0. The van der Waals surface area contributed by atoms with E-state index in [0.29, 0.717) is 29.7 Å². The molecular weight excluding hydrogens is 368 g/mol. The maximum Gasteiger partial charge on any atom is 0.242 e. The maximum absolute atomic E-state index is 12.4. The molecule has 1 saturated heterocycles. The second kappa shape index (κ2) is 7.25. The molecule has 2 aromatic rings. The molecule has 24 heavy (non-hydrogen) atoms. The van der Waals surface area contributed by atoms with Gasteiger partial charge in [0, 0.05) is 24.5 Å². The van der Waals surface area contributed by atoms with Crippen molar-refractivity contribution in [2.75, 3.05) is 31.9 Å². The van der Waals surface area contributed by atoms with Gasteiger partial charge in [0.25, 0.3) is 0 Å². The van der Waals surface area contributed by atoms with E-state index in [-0.39, 0.29) is 24.1 Å². The number of halogens is 1. The van der Waals surface area contributed by atoms with E-state index in [1.54, 1.807) is 9.80 Å². The zero-order valence-electron chi connectivity index (χ0n) is 13.4. The largest absolute Gasteiger partial charge is 0.340 e. The van der Waals surface area contributed by atoms with Crippen molar-refractivity contribution in [3.63, 3.8) is 0 Å². The summed E-state index contributed by atoms with van der Waals surface area (Å²) in [6.45, 7) is 5.90. The molecule has 0 unspecified atom stereocenters. The lowest BCUT2D eigenvalue weighted by Gasteiger charge is -2.33. The van der Waals surface area contributed by atoms with Crippen LogP contribution in [-0.4, -0.2) is 63.5 Å². The summed E-state index contributed by atoms with van der Waals surface area (Å²) in [5, 5.41) is 2.17. The van der Waals surface area contributed by atoms with Gasteiger partial charge >= 0.3 is 0 Å². The molecule has 0 spiro atoms. The van der Waals surface area contributed by atoms with Crippen molar-refractivity contribution in [2.24, 2.45) is 0 Å². The highest BCUT2D eigenvalue weighted by molar-refractivity contribution is 8.00. The van der Waals surface area contributed by atoms with Crippen LogP contribution in [0.25, 0.3) is 10.2 Å². The number of thioether (sulfide) groups is 1. The molecule has 0 atom stereocenters. The fraction of sp³-hybridized carbons (Fsp3) is 0.467. The quantitative estimate of drug-likeness (QED) is 0.598. The molecule has 0 aliphatic carbocycles. The standard InChI is InChI=1S/C15H17ClN4O2S2/c1-3-19-4-5-20(6-10(19)21)11(22)7-23-14-12-13(16)9(2)24-15(12)18-8-17-14/h8H,3-7H2,1-2H3. The molecule has 2 aromatic heterocycles. The van der Waals surface area contributed by atoms with Crippen molar-refractivity contribution < 1.29 is 9.59 Å². The first-order chi connectivity index (χ1) is 11.5. The van der Waals surface area contributed by atoms with Crippen LogP contribution < -0.4 is 0 Å². The molecule has 3 rings (SSSR count). The lowest BCUT2D eigenvalue weighted by molar-refractivity contribution is -0.143. The molecule has 9 heteroatoms. The molecule has 0 radical (unpaired) electrons. The fourth-order valence-corrected chi connectivity index (χ4v) is 4.83. The van der Waals surface area contributed by atoms with E-state index in [9.17, 15) is 9.59 Å². The number of rotatable bonds is 4. The summed E-state index contributed by atoms with van der Waals surface area (Å²) in [7, 11) is 0. The average Bonchev–Trinajstić information content (AvgIpc) is 2.87. The Kier molecular flexibility index (Phi) is 5.27. The van der Waals surface area contributed by atoms with Crippen molar-refractivity contribution >= 4 is 56.7 Å². The number of carbonyl (C=O) groups excluding carboxylic acids is 2. The number of piperazine rings is 1. The molecule has 1 aliphatic rings. The van der Waals surface area contributed by atoms with Gasteiger partial charge in [0.2, 0.25) is 11.8 Å². The van der Waals surface area contributed by atoms with Crippen molar-refractivity contribution in [3.8, 4) is 0 Å². The van der Waals surface area contributed by atoms with Crippen LogP contribution in [0.4, 0.5) is 0 Å². The number of fused-ring (bicyclic) bond motifs is 1. The second-order valence-corrected chi connectivity index (χ2v) is 7.95. The molecule has 0 saturated carbocycles. The lowest BCUT2D eigenvalue weighted by Crippen LogP contribution is -2.52. The minimum atomic E-state index is -0.0565. The van der Waals surface area contributed by atoms with Gasteiger partial charge in [-0.05, 0) is 13.8 Å². The van der Waals surface area contributed by atoms with Gasteiger partial charge in [-0.2, -0.15) is 0 Å². The Hall–Kier alpha value is -1.38. The Morgan fingerprint density at radius 2 is 2.21 bits per heavy atom. The number of hydrogen-bond donors (Lipinski definition) is 0. The van der Waals surface area contributed by atoms with Crippen molar-refractivity contribution in [1.82, 2.24) is 19.8 Å². The van der Waals surface area contributed by atoms with Gasteiger partial charge in [-0.25, -0.2) is 9.97 Å². The first kappa shape index (κ1) is 17.4. The molecule has 0 aromatic carbocycles. The Morgan fingerprint density at radius 3 is 2.92 bits per heavy atom. The number of thiophene rings is 1. The lowest BCUT2D eigenvalue weighted by atomic mass is 10.3. The molecule has 2 amide bonds. The number of amides is 2. The summed E-state index contributed by atoms with van der Waals surface area (Å²) in [5.74, 6) is 0.179. The molecule has 128 valence electrons. The van der Waals surface area contributed by atoms with Crippen LogP contribution in [0.5, 0.6) is 0 Å². The van der Waals surface area contributed by atoms with Crippen LogP contribution in [0.15, 0.2) is 11.4 Å². The number of aromatic nitrogens is 2. The van der Waals surface area contributed by atoms with Gasteiger partial charge in [0.1, 0.15) is 16.2 Å². The van der Waals surface area contributed by atoms with Crippen molar-refractivity contribution in [3.05, 3.63) is 16.2 Å². The van der Waals surface area contributed by atoms with Crippen LogP contribution in [0.1, 0.15) is 11.8 Å². The summed E-state index contributed by atoms with van der Waals surface area (Å²) in [4.78, 5) is 38.0.